The van der Waals surface area contributed by atoms with Crippen molar-refractivity contribution >= 4 is 0 Å². The van der Waals surface area contributed by atoms with Gasteiger partial charge in [0.25, 0.3) is 0 Å². The number of nitrogens with two attached hydrogens (primary N) is 1. The Labute approximate surface area is 113 Å². The van der Waals surface area contributed by atoms with E-state index in [4.69, 9.17) is 5.73 Å². The Kier molecular flexibility index (Phi) is 5.50. The molecule has 0 aliphatic heterocycles. The van der Waals surface area contributed by atoms with Crippen molar-refractivity contribution < 1.29 is 0 Å². The predicted octanol–water partition coefficient (Wildman–Crippen LogP) is 3.45. The topological polar surface area (TPSA) is 38.0 Å². The van der Waals surface area contributed by atoms with Crippen molar-refractivity contribution in [1.29, 1.82) is 0 Å². The summed E-state index contributed by atoms with van der Waals surface area (Å²) in [5.41, 5.74) is 5.99. The van der Waals surface area contributed by atoms with Gasteiger partial charge in [-0.1, -0.05) is 13.8 Å². The van der Waals surface area contributed by atoms with Crippen molar-refractivity contribution in [2.45, 2.75) is 89.8 Å². The summed E-state index contributed by atoms with van der Waals surface area (Å²) in [7, 11) is 0. The molecule has 0 saturated heterocycles. The van der Waals surface area contributed by atoms with Gasteiger partial charge < -0.3 is 11.1 Å². The first-order valence-corrected chi connectivity index (χ1v) is 8.15. The standard InChI is InChI=1S/C16H32N2/c1-12(2)18-16-9-5-14(6-10-16)11-13-3-7-15(17)8-4-13/h12-16,18H,3-11,17H2,1-2H3. The average Bonchev–Trinajstić information content (AvgIpc) is 2.34. The van der Waals surface area contributed by atoms with Crippen LogP contribution in [0.15, 0.2) is 0 Å². The van der Waals surface area contributed by atoms with Gasteiger partial charge >= 0.3 is 0 Å². The molecule has 2 rings (SSSR count). The maximum atomic E-state index is 5.99. The van der Waals surface area contributed by atoms with E-state index in [2.05, 4.69) is 19.2 Å². The van der Waals surface area contributed by atoms with Crippen LogP contribution in [-0.2, 0) is 0 Å². The van der Waals surface area contributed by atoms with E-state index in [0.717, 1.165) is 17.9 Å². The monoisotopic (exact) mass is 252 g/mol. The van der Waals surface area contributed by atoms with Gasteiger partial charge in [0.2, 0.25) is 0 Å². The van der Waals surface area contributed by atoms with E-state index < -0.39 is 0 Å². The minimum atomic E-state index is 0.507. The zero-order valence-electron chi connectivity index (χ0n) is 12.3. The van der Waals surface area contributed by atoms with Crippen LogP contribution < -0.4 is 11.1 Å². The third-order valence-corrected chi connectivity index (χ3v) is 4.97. The van der Waals surface area contributed by atoms with Crippen LogP contribution in [0.1, 0.15) is 71.6 Å². The fourth-order valence-corrected chi connectivity index (χ4v) is 3.93. The Morgan fingerprint density at radius 1 is 0.889 bits per heavy atom. The van der Waals surface area contributed by atoms with Crippen molar-refractivity contribution in [2.24, 2.45) is 17.6 Å². The minimum Gasteiger partial charge on any atom is -0.328 e. The molecule has 18 heavy (non-hydrogen) atoms. The lowest BCUT2D eigenvalue weighted by Gasteiger charge is -2.34. The maximum absolute atomic E-state index is 5.99. The van der Waals surface area contributed by atoms with E-state index in [1.54, 1.807) is 0 Å². The molecule has 0 aromatic heterocycles. The summed E-state index contributed by atoms with van der Waals surface area (Å²) in [5.74, 6) is 2.00. The maximum Gasteiger partial charge on any atom is 0.00696 e. The number of hydrogen-bond acceptors (Lipinski definition) is 2. The van der Waals surface area contributed by atoms with Gasteiger partial charge in [0.05, 0.1) is 0 Å². The second-order valence-electron chi connectivity index (χ2n) is 7.06. The second kappa shape index (κ2) is 6.91. The second-order valence-corrected chi connectivity index (χ2v) is 7.06. The highest BCUT2D eigenvalue weighted by Gasteiger charge is 2.26. The van der Waals surface area contributed by atoms with Crippen molar-refractivity contribution in [1.82, 2.24) is 5.32 Å². The summed E-state index contributed by atoms with van der Waals surface area (Å²) in [6, 6.07) is 1.94. The average molecular weight is 252 g/mol. The predicted molar refractivity (Wildman–Crippen MR) is 78.6 cm³/mol. The summed E-state index contributed by atoms with van der Waals surface area (Å²) in [5, 5.41) is 3.70. The zero-order chi connectivity index (χ0) is 13.0. The van der Waals surface area contributed by atoms with Gasteiger partial charge in [0.1, 0.15) is 0 Å². The first-order valence-electron chi connectivity index (χ1n) is 8.15. The van der Waals surface area contributed by atoms with Crippen molar-refractivity contribution in [3.63, 3.8) is 0 Å². The molecule has 2 fully saturated rings. The van der Waals surface area contributed by atoms with Gasteiger partial charge in [-0.3, -0.25) is 0 Å². The third kappa shape index (κ3) is 4.55. The Morgan fingerprint density at radius 2 is 1.39 bits per heavy atom. The summed E-state index contributed by atoms with van der Waals surface area (Å²) >= 11 is 0. The molecule has 2 aliphatic rings. The molecule has 2 nitrogen and oxygen atoms in total. The van der Waals surface area contributed by atoms with E-state index in [1.165, 1.54) is 57.8 Å². The smallest absolute Gasteiger partial charge is 0.00696 e. The summed E-state index contributed by atoms with van der Waals surface area (Å²) in [6.07, 6.45) is 12.5. The quantitative estimate of drug-likeness (QED) is 0.804. The Bertz CT molecular complexity index is 223. The molecule has 0 spiro atoms. The fraction of sp³-hybridized carbons (Fsp3) is 1.00. The molecule has 0 amide bonds. The van der Waals surface area contributed by atoms with Crippen molar-refractivity contribution in [3.8, 4) is 0 Å². The molecule has 0 heterocycles. The van der Waals surface area contributed by atoms with E-state index in [-0.39, 0.29) is 0 Å². The summed E-state index contributed by atoms with van der Waals surface area (Å²) in [6.45, 7) is 4.52. The first kappa shape index (κ1) is 14.3. The fourth-order valence-electron chi connectivity index (χ4n) is 3.93. The van der Waals surface area contributed by atoms with Crippen LogP contribution in [0.25, 0.3) is 0 Å². The SMILES string of the molecule is CC(C)NC1CCC(CC2CCC(N)CC2)CC1. The van der Waals surface area contributed by atoms with Crippen LogP contribution in [0.4, 0.5) is 0 Å². The molecular formula is C16H32N2. The van der Waals surface area contributed by atoms with Crippen molar-refractivity contribution in [3.05, 3.63) is 0 Å². The Hall–Kier alpha value is -0.0800. The third-order valence-electron chi connectivity index (χ3n) is 4.97. The highest BCUT2D eigenvalue weighted by Crippen LogP contribution is 2.35. The molecule has 0 atom stereocenters. The van der Waals surface area contributed by atoms with Gasteiger partial charge in [-0.15, -0.1) is 0 Å². The molecule has 0 bridgehead atoms. The summed E-state index contributed by atoms with van der Waals surface area (Å²) in [4.78, 5) is 0. The van der Waals surface area contributed by atoms with E-state index in [9.17, 15) is 0 Å². The molecule has 3 N–H and O–H groups in total. The highest BCUT2D eigenvalue weighted by molar-refractivity contribution is 4.82. The number of nitrogens with one attached hydrogen (secondary N) is 1. The molecular weight excluding hydrogens is 220 g/mol. The largest absolute Gasteiger partial charge is 0.328 e. The van der Waals surface area contributed by atoms with Gasteiger partial charge in [-0.25, -0.2) is 0 Å². The van der Waals surface area contributed by atoms with Crippen LogP contribution in [0.2, 0.25) is 0 Å². The molecule has 2 heteroatoms. The Morgan fingerprint density at radius 3 is 1.89 bits per heavy atom. The van der Waals surface area contributed by atoms with Crippen LogP contribution in [0.3, 0.4) is 0 Å². The molecule has 0 unspecified atom stereocenters. The van der Waals surface area contributed by atoms with Gasteiger partial charge in [0, 0.05) is 18.1 Å². The highest BCUT2D eigenvalue weighted by atomic mass is 14.9. The molecule has 0 radical (unpaired) electrons. The van der Waals surface area contributed by atoms with E-state index in [1.807, 2.05) is 0 Å². The van der Waals surface area contributed by atoms with Crippen LogP contribution in [0, 0.1) is 11.8 Å². The van der Waals surface area contributed by atoms with Gasteiger partial charge in [-0.05, 0) is 69.6 Å². The van der Waals surface area contributed by atoms with Gasteiger partial charge in [-0.2, -0.15) is 0 Å². The van der Waals surface area contributed by atoms with E-state index in [0.29, 0.717) is 12.1 Å². The number of rotatable bonds is 4. The molecule has 106 valence electrons. The van der Waals surface area contributed by atoms with Crippen LogP contribution >= 0.6 is 0 Å². The number of hydrogen-bond donors (Lipinski definition) is 2. The van der Waals surface area contributed by atoms with E-state index >= 15 is 0 Å². The lowest BCUT2D eigenvalue weighted by molar-refractivity contribution is 0.211. The summed E-state index contributed by atoms with van der Waals surface area (Å²) < 4.78 is 0. The molecule has 2 saturated carbocycles. The minimum absolute atomic E-state index is 0.507. The Balaban J connectivity index is 1.64. The lowest BCUT2D eigenvalue weighted by atomic mass is 9.76. The molecule has 0 aromatic rings. The normalized spacial score (nSPS) is 38.0. The lowest BCUT2D eigenvalue weighted by Crippen LogP contribution is -2.38. The van der Waals surface area contributed by atoms with Crippen LogP contribution in [0.5, 0.6) is 0 Å². The zero-order valence-corrected chi connectivity index (χ0v) is 12.3. The molecule has 0 aromatic carbocycles. The first-order chi connectivity index (χ1) is 8.63. The van der Waals surface area contributed by atoms with Crippen LogP contribution in [-0.4, -0.2) is 18.1 Å². The van der Waals surface area contributed by atoms with Crippen molar-refractivity contribution in [2.75, 3.05) is 0 Å². The molecule has 2 aliphatic carbocycles. The van der Waals surface area contributed by atoms with Gasteiger partial charge in [0.15, 0.2) is 0 Å².